The van der Waals surface area contributed by atoms with Crippen LogP contribution in [0, 0.1) is 0 Å². The molecular formula is C19H17NO4. The Hall–Kier alpha value is -3.08. The molecule has 122 valence electrons. The first-order chi connectivity index (χ1) is 11.6. The monoisotopic (exact) mass is 323 g/mol. The number of rotatable bonds is 4. The molecule has 0 aliphatic carbocycles. The lowest BCUT2D eigenvalue weighted by Crippen LogP contribution is -2.39. The third-order valence-corrected chi connectivity index (χ3v) is 3.82. The van der Waals surface area contributed by atoms with Crippen molar-refractivity contribution >= 4 is 18.1 Å². The summed E-state index contributed by atoms with van der Waals surface area (Å²) in [7, 11) is 0. The highest BCUT2D eigenvalue weighted by atomic mass is 16.6. The second kappa shape index (κ2) is 7.00. The van der Waals surface area contributed by atoms with Gasteiger partial charge in [0.1, 0.15) is 12.4 Å². The number of imide groups is 1. The molecule has 2 amide bonds. The molecule has 0 radical (unpaired) electrons. The highest BCUT2D eigenvalue weighted by molar-refractivity contribution is 6.02. The fourth-order valence-electron chi connectivity index (χ4n) is 2.60. The second-order valence-corrected chi connectivity index (χ2v) is 5.55. The molecule has 1 aliphatic rings. The van der Waals surface area contributed by atoms with Gasteiger partial charge in [0.2, 0.25) is 0 Å². The van der Waals surface area contributed by atoms with E-state index in [1.54, 1.807) is 18.2 Å². The molecule has 1 atom stereocenters. The number of amides is 2. The first kappa shape index (κ1) is 15.8. The Kier molecular flexibility index (Phi) is 4.61. The number of nitrogens with zero attached hydrogens (tertiary/aromatic N) is 1. The molecule has 5 heteroatoms. The lowest BCUT2D eigenvalue weighted by Gasteiger charge is -2.18. The SMILES string of the molecule is O=C(C=Cc1ccc(O)cc1)N1C(=O)OC[C@@H]1Cc1ccccc1. The summed E-state index contributed by atoms with van der Waals surface area (Å²) >= 11 is 0. The van der Waals surface area contributed by atoms with E-state index in [-0.39, 0.29) is 18.4 Å². The van der Waals surface area contributed by atoms with Crippen LogP contribution in [0.2, 0.25) is 0 Å². The van der Waals surface area contributed by atoms with Crippen molar-refractivity contribution in [3.8, 4) is 5.75 Å². The molecule has 1 fully saturated rings. The standard InChI is InChI=1S/C19H17NO4/c21-17-9-6-14(7-10-17)8-11-18(22)20-16(13-24-19(20)23)12-15-4-2-1-3-5-15/h1-11,16,21H,12-13H2/t16-/m0/s1. The van der Waals surface area contributed by atoms with Gasteiger partial charge in [0.15, 0.2) is 0 Å². The third-order valence-electron chi connectivity index (χ3n) is 3.82. The molecule has 24 heavy (non-hydrogen) atoms. The quantitative estimate of drug-likeness (QED) is 0.878. The fourth-order valence-corrected chi connectivity index (χ4v) is 2.60. The van der Waals surface area contributed by atoms with Crippen molar-refractivity contribution in [3.05, 3.63) is 71.8 Å². The van der Waals surface area contributed by atoms with Crippen LogP contribution >= 0.6 is 0 Å². The Morgan fingerprint density at radius 3 is 2.58 bits per heavy atom. The van der Waals surface area contributed by atoms with Crippen LogP contribution in [0.1, 0.15) is 11.1 Å². The Labute approximate surface area is 139 Å². The number of carbonyl (C=O) groups excluding carboxylic acids is 2. The summed E-state index contributed by atoms with van der Waals surface area (Å²) in [5.74, 6) is -0.254. The molecule has 0 unspecified atom stereocenters. The number of hydrogen-bond acceptors (Lipinski definition) is 4. The molecule has 1 saturated heterocycles. The molecule has 0 saturated carbocycles. The molecule has 1 aliphatic heterocycles. The Bertz CT molecular complexity index is 753. The number of phenolic OH excluding ortho intramolecular Hbond substituents is 1. The van der Waals surface area contributed by atoms with Gasteiger partial charge >= 0.3 is 6.09 Å². The molecule has 2 aromatic carbocycles. The average Bonchev–Trinajstić information content (AvgIpc) is 2.95. The number of hydrogen-bond donors (Lipinski definition) is 1. The summed E-state index contributed by atoms with van der Waals surface area (Å²) in [6, 6.07) is 15.8. The summed E-state index contributed by atoms with van der Waals surface area (Å²) in [4.78, 5) is 25.4. The topological polar surface area (TPSA) is 66.8 Å². The molecule has 5 nitrogen and oxygen atoms in total. The maximum absolute atomic E-state index is 12.4. The minimum Gasteiger partial charge on any atom is -0.508 e. The predicted molar refractivity (Wildman–Crippen MR) is 89.3 cm³/mol. The van der Waals surface area contributed by atoms with Crippen LogP contribution in [0.3, 0.4) is 0 Å². The first-order valence-electron chi connectivity index (χ1n) is 7.64. The lowest BCUT2D eigenvalue weighted by atomic mass is 10.1. The van der Waals surface area contributed by atoms with E-state index in [1.165, 1.54) is 18.2 Å². The summed E-state index contributed by atoms with van der Waals surface area (Å²) in [6.45, 7) is 0.201. The molecular weight excluding hydrogens is 306 g/mol. The van der Waals surface area contributed by atoms with Gasteiger partial charge in [-0.15, -0.1) is 0 Å². The Morgan fingerprint density at radius 2 is 1.88 bits per heavy atom. The predicted octanol–water partition coefficient (Wildman–Crippen LogP) is 3.00. The summed E-state index contributed by atoms with van der Waals surface area (Å²) in [5.41, 5.74) is 1.80. The van der Waals surface area contributed by atoms with Gasteiger partial charge in [0, 0.05) is 6.08 Å². The Morgan fingerprint density at radius 1 is 1.17 bits per heavy atom. The van der Waals surface area contributed by atoms with Gasteiger partial charge in [0.05, 0.1) is 6.04 Å². The van der Waals surface area contributed by atoms with Gasteiger partial charge in [-0.3, -0.25) is 4.79 Å². The maximum atomic E-state index is 12.4. The van der Waals surface area contributed by atoms with Crippen molar-refractivity contribution < 1.29 is 19.4 Å². The van der Waals surface area contributed by atoms with Crippen LogP contribution in [0.25, 0.3) is 6.08 Å². The molecule has 0 aromatic heterocycles. The van der Waals surface area contributed by atoms with E-state index >= 15 is 0 Å². The van der Waals surface area contributed by atoms with E-state index in [1.807, 2.05) is 30.3 Å². The zero-order valence-electron chi connectivity index (χ0n) is 13.0. The molecule has 3 rings (SSSR count). The number of ether oxygens (including phenoxy) is 1. The summed E-state index contributed by atoms with van der Waals surface area (Å²) in [6.07, 6.45) is 2.89. The summed E-state index contributed by atoms with van der Waals surface area (Å²) in [5, 5.41) is 9.26. The van der Waals surface area contributed by atoms with E-state index in [0.29, 0.717) is 6.42 Å². The minimum atomic E-state index is -0.615. The van der Waals surface area contributed by atoms with E-state index < -0.39 is 12.0 Å². The van der Waals surface area contributed by atoms with E-state index in [9.17, 15) is 14.7 Å². The van der Waals surface area contributed by atoms with Crippen molar-refractivity contribution in [2.45, 2.75) is 12.5 Å². The number of aromatic hydroxyl groups is 1. The zero-order valence-corrected chi connectivity index (χ0v) is 13.0. The molecule has 0 bridgehead atoms. The maximum Gasteiger partial charge on any atom is 0.417 e. The highest BCUT2D eigenvalue weighted by Crippen LogP contribution is 2.18. The van der Waals surface area contributed by atoms with Gasteiger partial charge in [0.25, 0.3) is 5.91 Å². The normalized spacial score (nSPS) is 17.2. The van der Waals surface area contributed by atoms with Crippen molar-refractivity contribution in [2.75, 3.05) is 6.61 Å². The fraction of sp³-hybridized carbons (Fsp3) is 0.158. The molecule has 2 aromatic rings. The van der Waals surface area contributed by atoms with Crippen molar-refractivity contribution in [2.24, 2.45) is 0 Å². The van der Waals surface area contributed by atoms with Gasteiger partial charge in [-0.2, -0.15) is 0 Å². The van der Waals surface area contributed by atoms with Gasteiger partial charge < -0.3 is 9.84 Å². The van der Waals surface area contributed by atoms with E-state index in [0.717, 1.165) is 16.0 Å². The van der Waals surface area contributed by atoms with Crippen LogP contribution in [-0.2, 0) is 16.0 Å². The zero-order chi connectivity index (χ0) is 16.9. The largest absolute Gasteiger partial charge is 0.508 e. The number of benzene rings is 2. The van der Waals surface area contributed by atoms with Crippen molar-refractivity contribution in [1.82, 2.24) is 4.90 Å². The van der Waals surface area contributed by atoms with Crippen LogP contribution in [-0.4, -0.2) is 34.7 Å². The van der Waals surface area contributed by atoms with Crippen LogP contribution in [0.4, 0.5) is 4.79 Å². The Balaban J connectivity index is 1.71. The van der Waals surface area contributed by atoms with E-state index in [4.69, 9.17) is 4.74 Å². The number of carbonyl (C=O) groups is 2. The molecule has 0 spiro atoms. The molecule has 1 N–H and O–H groups in total. The van der Waals surface area contributed by atoms with Crippen molar-refractivity contribution in [3.63, 3.8) is 0 Å². The highest BCUT2D eigenvalue weighted by Gasteiger charge is 2.36. The van der Waals surface area contributed by atoms with Gasteiger partial charge in [-0.1, -0.05) is 42.5 Å². The first-order valence-corrected chi connectivity index (χ1v) is 7.64. The van der Waals surface area contributed by atoms with Crippen LogP contribution in [0.15, 0.2) is 60.7 Å². The lowest BCUT2D eigenvalue weighted by molar-refractivity contribution is -0.124. The van der Waals surface area contributed by atoms with Crippen LogP contribution in [0.5, 0.6) is 5.75 Å². The second-order valence-electron chi connectivity index (χ2n) is 5.55. The van der Waals surface area contributed by atoms with Crippen LogP contribution < -0.4 is 0 Å². The van der Waals surface area contributed by atoms with Gasteiger partial charge in [-0.05, 0) is 35.8 Å². The summed E-state index contributed by atoms with van der Waals surface area (Å²) < 4.78 is 5.04. The number of phenols is 1. The van der Waals surface area contributed by atoms with Gasteiger partial charge in [-0.25, -0.2) is 9.69 Å². The van der Waals surface area contributed by atoms with E-state index in [2.05, 4.69) is 0 Å². The third kappa shape index (κ3) is 3.63. The smallest absolute Gasteiger partial charge is 0.417 e. The van der Waals surface area contributed by atoms with Crippen molar-refractivity contribution in [1.29, 1.82) is 0 Å². The number of cyclic esters (lactones) is 1. The minimum absolute atomic E-state index is 0.157. The average molecular weight is 323 g/mol. The molecule has 1 heterocycles.